The quantitative estimate of drug-likeness (QED) is 0.712. The summed E-state index contributed by atoms with van der Waals surface area (Å²) in [5.74, 6) is -0.831. The number of nitrogens with two attached hydrogens (primary N) is 1. The molecule has 0 radical (unpaired) electrons. The second-order valence-electron chi connectivity index (χ2n) is 8.01. The molecular weight excluding hydrogens is 442 g/mol. The second-order valence-corrected chi connectivity index (χ2v) is 8.93. The van der Waals surface area contributed by atoms with E-state index in [1.807, 2.05) is 0 Å². The number of carbonyl (C=O) groups excluding carboxylic acids is 3. The van der Waals surface area contributed by atoms with Gasteiger partial charge in [-0.2, -0.15) is 0 Å². The number of urea groups is 1. The van der Waals surface area contributed by atoms with E-state index in [4.69, 9.17) is 14.9 Å². The van der Waals surface area contributed by atoms with Crippen molar-refractivity contribution in [3.63, 3.8) is 0 Å². The predicted octanol–water partition coefficient (Wildman–Crippen LogP) is 4.25. The number of rotatable bonds is 2. The fourth-order valence-corrected chi connectivity index (χ4v) is 3.69. The molecule has 1 aromatic carbocycles. The van der Waals surface area contributed by atoms with Crippen LogP contribution in [0.15, 0.2) is 33.4 Å². The summed E-state index contributed by atoms with van der Waals surface area (Å²) in [5.41, 5.74) is 5.81. The molecule has 0 unspecified atom stereocenters. The van der Waals surface area contributed by atoms with E-state index in [-0.39, 0.29) is 0 Å². The van der Waals surface area contributed by atoms with Crippen LogP contribution < -0.4 is 10.6 Å². The number of carbonyl (C=O) groups is 3. The van der Waals surface area contributed by atoms with Crippen LogP contribution in [0.5, 0.6) is 0 Å². The number of ether oxygens (including phenoxy) is 1. The highest BCUT2D eigenvalue weighted by Gasteiger charge is 2.35. The third kappa shape index (κ3) is 4.72. The molecular formula is C20H24BrN3O5. The lowest BCUT2D eigenvalue weighted by molar-refractivity contribution is -0.123. The minimum Gasteiger partial charge on any atom is -0.462 e. The van der Waals surface area contributed by atoms with Crippen molar-refractivity contribution in [1.29, 1.82) is 0 Å². The van der Waals surface area contributed by atoms with E-state index in [9.17, 15) is 14.4 Å². The summed E-state index contributed by atoms with van der Waals surface area (Å²) in [5, 5.41) is 0.609. The number of amides is 4. The minimum absolute atomic E-state index is 0.313. The Morgan fingerprint density at radius 2 is 1.90 bits per heavy atom. The Hall–Kier alpha value is -2.55. The summed E-state index contributed by atoms with van der Waals surface area (Å²) < 4.78 is 11.6. The van der Waals surface area contributed by atoms with Crippen LogP contribution in [0.25, 0.3) is 11.0 Å². The van der Waals surface area contributed by atoms with Crippen molar-refractivity contribution in [1.82, 2.24) is 4.90 Å². The molecule has 3 rings (SSSR count). The summed E-state index contributed by atoms with van der Waals surface area (Å²) in [4.78, 5) is 40.0. The zero-order chi connectivity index (χ0) is 21.3. The third-order valence-corrected chi connectivity index (χ3v) is 5.19. The summed E-state index contributed by atoms with van der Waals surface area (Å²) in [6.07, 6.45) is 1.79. The van der Waals surface area contributed by atoms with E-state index in [0.717, 1.165) is 9.37 Å². The van der Waals surface area contributed by atoms with Gasteiger partial charge in [-0.1, -0.05) is 15.9 Å². The van der Waals surface area contributed by atoms with E-state index >= 15 is 0 Å². The maximum absolute atomic E-state index is 13.1. The molecule has 2 N–H and O–H groups in total. The van der Waals surface area contributed by atoms with Gasteiger partial charge in [0.15, 0.2) is 0 Å². The van der Waals surface area contributed by atoms with Gasteiger partial charge in [-0.25, -0.2) is 14.5 Å². The highest BCUT2D eigenvalue weighted by Crippen LogP contribution is 2.33. The number of piperidine rings is 1. The number of furan rings is 1. The Kier molecular flexibility index (Phi) is 5.88. The molecule has 1 fully saturated rings. The second kappa shape index (κ2) is 8.06. The zero-order valence-corrected chi connectivity index (χ0v) is 18.2. The topological polar surface area (TPSA) is 106 Å². The van der Waals surface area contributed by atoms with Crippen LogP contribution in [-0.4, -0.2) is 41.6 Å². The largest absolute Gasteiger partial charge is 0.462 e. The van der Waals surface area contributed by atoms with Gasteiger partial charge in [-0.05, 0) is 51.8 Å². The van der Waals surface area contributed by atoms with E-state index in [1.54, 1.807) is 43.9 Å². The van der Waals surface area contributed by atoms with Crippen LogP contribution in [0.3, 0.4) is 0 Å². The number of nitrogens with zero attached hydrogens (tertiary/aromatic N) is 2. The van der Waals surface area contributed by atoms with Crippen LogP contribution in [0, 0.1) is 5.92 Å². The first-order chi connectivity index (χ1) is 13.6. The zero-order valence-electron chi connectivity index (χ0n) is 16.6. The van der Waals surface area contributed by atoms with E-state index in [1.165, 1.54) is 6.26 Å². The van der Waals surface area contributed by atoms with Crippen molar-refractivity contribution in [3.05, 3.63) is 28.9 Å². The Morgan fingerprint density at radius 1 is 1.24 bits per heavy atom. The highest BCUT2D eigenvalue weighted by molar-refractivity contribution is 9.10. The average Bonchev–Trinajstić information content (AvgIpc) is 3.03. The molecule has 4 amide bonds. The lowest BCUT2D eigenvalue weighted by atomic mass is 9.95. The van der Waals surface area contributed by atoms with Crippen LogP contribution in [0.4, 0.5) is 15.3 Å². The van der Waals surface area contributed by atoms with Crippen molar-refractivity contribution in [3.8, 4) is 0 Å². The number of hydrogen-bond acceptors (Lipinski definition) is 5. The summed E-state index contributed by atoms with van der Waals surface area (Å²) in [7, 11) is 0. The van der Waals surface area contributed by atoms with Gasteiger partial charge >= 0.3 is 12.1 Å². The SMILES string of the molecule is CC(C)(C)OC(=O)N1CCC(C(=O)N(C(N)=O)c2coc3ccc(Br)cc23)CC1. The average molecular weight is 466 g/mol. The fourth-order valence-electron chi connectivity index (χ4n) is 3.33. The number of anilines is 1. The van der Waals surface area contributed by atoms with Crippen molar-refractivity contribution in [2.45, 2.75) is 39.2 Å². The fraction of sp³-hybridized carbons (Fsp3) is 0.450. The predicted molar refractivity (Wildman–Crippen MR) is 112 cm³/mol. The summed E-state index contributed by atoms with van der Waals surface area (Å²) >= 11 is 3.38. The molecule has 1 aromatic heterocycles. The highest BCUT2D eigenvalue weighted by atomic mass is 79.9. The van der Waals surface area contributed by atoms with Gasteiger partial charge in [0, 0.05) is 28.9 Å². The molecule has 0 atom stereocenters. The Bertz CT molecular complexity index is 941. The Labute approximate surface area is 177 Å². The summed E-state index contributed by atoms with van der Waals surface area (Å²) in [6, 6.07) is 4.44. The van der Waals surface area contributed by atoms with Gasteiger partial charge in [-0.3, -0.25) is 4.79 Å². The summed E-state index contributed by atoms with van der Waals surface area (Å²) in [6.45, 7) is 6.16. The standard InChI is InChI=1S/C20H24BrN3O5/c1-20(2,3)29-19(27)23-8-6-12(7-9-23)17(25)24(18(22)26)15-11-28-16-5-4-13(21)10-14(15)16/h4-5,10-12H,6-9H2,1-3H3,(H2,22,26). The molecule has 0 bridgehead atoms. The lowest BCUT2D eigenvalue weighted by Gasteiger charge is -2.34. The molecule has 2 heterocycles. The molecule has 0 spiro atoms. The van der Waals surface area contributed by atoms with Gasteiger partial charge in [0.1, 0.15) is 17.4 Å². The van der Waals surface area contributed by atoms with Gasteiger partial charge in [0.2, 0.25) is 5.91 Å². The first-order valence-electron chi connectivity index (χ1n) is 9.35. The van der Waals surface area contributed by atoms with Gasteiger partial charge in [0.25, 0.3) is 0 Å². The molecule has 2 aromatic rings. The van der Waals surface area contributed by atoms with E-state index in [0.29, 0.717) is 42.6 Å². The monoisotopic (exact) mass is 465 g/mol. The first kappa shape index (κ1) is 21.2. The van der Waals surface area contributed by atoms with Crippen molar-refractivity contribution in [2.24, 2.45) is 11.7 Å². The molecule has 0 saturated carbocycles. The minimum atomic E-state index is -0.868. The van der Waals surface area contributed by atoms with Crippen LogP contribution in [-0.2, 0) is 9.53 Å². The number of hydrogen-bond donors (Lipinski definition) is 1. The van der Waals surface area contributed by atoms with E-state index in [2.05, 4.69) is 15.9 Å². The molecule has 1 aliphatic rings. The van der Waals surface area contributed by atoms with E-state index < -0.39 is 29.6 Å². The Balaban J connectivity index is 1.75. The number of primary amides is 1. The molecule has 1 aliphatic heterocycles. The Morgan fingerprint density at radius 3 is 2.48 bits per heavy atom. The number of likely N-dealkylation sites (tertiary alicyclic amines) is 1. The molecule has 1 saturated heterocycles. The normalized spacial score (nSPS) is 15.4. The molecule has 0 aliphatic carbocycles. The molecule has 29 heavy (non-hydrogen) atoms. The van der Waals surface area contributed by atoms with Crippen LogP contribution in [0.1, 0.15) is 33.6 Å². The number of fused-ring (bicyclic) bond motifs is 1. The van der Waals surface area contributed by atoms with Gasteiger partial charge in [-0.15, -0.1) is 0 Å². The molecule has 156 valence electrons. The number of imide groups is 1. The maximum atomic E-state index is 13.1. The van der Waals surface area contributed by atoms with Gasteiger partial charge < -0.3 is 19.8 Å². The lowest BCUT2D eigenvalue weighted by Crippen LogP contribution is -2.48. The third-order valence-electron chi connectivity index (χ3n) is 4.69. The van der Waals surface area contributed by atoms with Crippen molar-refractivity contribution >= 4 is 50.6 Å². The number of halogens is 1. The van der Waals surface area contributed by atoms with Crippen molar-refractivity contribution in [2.75, 3.05) is 18.0 Å². The first-order valence-corrected chi connectivity index (χ1v) is 10.1. The van der Waals surface area contributed by atoms with Crippen LogP contribution in [0.2, 0.25) is 0 Å². The number of benzene rings is 1. The van der Waals surface area contributed by atoms with Gasteiger partial charge in [0.05, 0.1) is 5.69 Å². The molecule has 9 heteroatoms. The van der Waals surface area contributed by atoms with Crippen LogP contribution >= 0.6 is 15.9 Å². The van der Waals surface area contributed by atoms with Crippen molar-refractivity contribution < 1.29 is 23.5 Å². The molecule has 8 nitrogen and oxygen atoms in total. The smallest absolute Gasteiger partial charge is 0.410 e. The maximum Gasteiger partial charge on any atom is 0.410 e.